The van der Waals surface area contributed by atoms with Gasteiger partial charge in [0.1, 0.15) is 16.4 Å². The van der Waals surface area contributed by atoms with Crippen molar-refractivity contribution in [3.63, 3.8) is 0 Å². The molecule has 0 aliphatic carbocycles. The molecule has 0 bridgehead atoms. The van der Waals surface area contributed by atoms with Gasteiger partial charge in [0.2, 0.25) is 10.0 Å². The van der Waals surface area contributed by atoms with Crippen LogP contribution in [0.5, 0.6) is 11.5 Å². The molecule has 2 aromatic carbocycles. The predicted octanol–water partition coefficient (Wildman–Crippen LogP) is 2.88. The molecule has 24 heavy (non-hydrogen) atoms. The van der Waals surface area contributed by atoms with Crippen molar-refractivity contribution in [1.82, 2.24) is 4.31 Å². The van der Waals surface area contributed by atoms with Gasteiger partial charge in [0.05, 0.1) is 14.2 Å². The summed E-state index contributed by atoms with van der Waals surface area (Å²) in [5.74, 6) is 1.38. The summed E-state index contributed by atoms with van der Waals surface area (Å²) in [5.41, 5.74) is 1.13. The number of para-hydroxylation sites is 1. The van der Waals surface area contributed by atoms with E-state index in [-0.39, 0.29) is 10.8 Å². The van der Waals surface area contributed by atoms with Crippen LogP contribution in [-0.4, -0.2) is 40.0 Å². The Morgan fingerprint density at radius 2 is 1.71 bits per heavy atom. The van der Waals surface area contributed by atoms with Crippen molar-refractivity contribution in [1.29, 1.82) is 0 Å². The van der Waals surface area contributed by atoms with Crippen LogP contribution < -0.4 is 9.47 Å². The van der Waals surface area contributed by atoms with E-state index in [4.69, 9.17) is 9.47 Å². The maximum absolute atomic E-state index is 12.9. The normalized spacial score (nSPS) is 18.5. The summed E-state index contributed by atoms with van der Waals surface area (Å²) in [7, 11) is -0.436. The van der Waals surface area contributed by atoms with Crippen molar-refractivity contribution < 1.29 is 17.9 Å². The van der Waals surface area contributed by atoms with Crippen LogP contribution in [0.2, 0.25) is 0 Å². The number of sulfonamides is 1. The van der Waals surface area contributed by atoms with Crippen LogP contribution in [0.1, 0.15) is 17.9 Å². The lowest BCUT2D eigenvalue weighted by atomic mass is 9.99. The van der Waals surface area contributed by atoms with Crippen molar-refractivity contribution >= 4 is 10.0 Å². The van der Waals surface area contributed by atoms with Gasteiger partial charge >= 0.3 is 0 Å². The third-order valence-electron chi connectivity index (χ3n) is 4.43. The number of methoxy groups -OCH3 is 2. The van der Waals surface area contributed by atoms with E-state index < -0.39 is 10.0 Å². The fraction of sp³-hybridized carbons (Fsp3) is 0.333. The Bertz CT molecular complexity index is 802. The van der Waals surface area contributed by atoms with Gasteiger partial charge in [-0.25, -0.2) is 8.42 Å². The van der Waals surface area contributed by atoms with Crippen LogP contribution in [0.15, 0.2) is 53.4 Å². The van der Waals surface area contributed by atoms with Crippen LogP contribution in [0, 0.1) is 0 Å². The van der Waals surface area contributed by atoms with E-state index in [2.05, 4.69) is 0 Å². The van der Waals surface area contributed by atoms with Crippen LogP contribution in [0.3, 0.4) is 0 Å². The zero-order valence-electron chi connectivity index (χ0n) is 13.8. The highest BCUT2D eigenvalue weighted by Gasteiger charge is 2.34. The van der Waals surface area contributed by atoms with Crippen molar-refractivity contribution in [2.45, 2.75) is 17.2 Å². The molecule has 0 amide bonds. The molecular weight excluding hydrogens is 326 g/mol. The zero-order valence-corrected chi connectivity index (χ0v) is 14.6. The minimum absolute atomic E-state index is 0.195. The topological polar surface area (TPSA) is 55.8 Å². The molecule has 3 rings (SSSR count). The molecule has 1 heterocycles. The highest BCUT2D eigenvalue weighted by molar-refractivity contribution is 7.89. The summed E-state index contributed by atoms with van der Waals surface area (Å²) in [6, 6.07) is 14.6. The molecule has 1 atom stereocenters. The van der Waals surface area contributed by atoms with Gasteiger partial charge in [-0.3, -0.25) is 0 Å². The highest BCUT2D eigenvalue weighted by Crippen LogP contribution is 2.34. The third kappa shape index (κ3) is 3.12. The van der Waals surface area contributed by atoms with Gasteiger partial charge in [0, 0.05) is 13.1 Å². The first kappa shape index (κ1) is 16.8. The number of hydrogen-bond donors (Lipinski definition) is 0. The summed E-state index contributed by atoms with van der Waals surface area (Å²) >= 11 is 0. The summed E-state index contributed by atoms with van der Waals surface area (Å²) in [5, 5.41) is 0. The summed E-state index contributed by atoms with van der Waals surface area (Å²) in [6.07, 6.45) is 0.806. The summed E-state index contributed by atoms with van der Waals surface area (Å²) in [6.45, 7) is 0.990. The molecule has 5 nitrogen and oxygen atoms in total. The molecule has 1 unspecified atom stereocenters. The minimum Gasteiger partial charge on any atom is -0.497 e. The first-order valence-electron chi connectivity index (χ1n) is 7.83. The summed E-state index contributed by atoms with van der Waals surface area (Å²) < 4.78 is 37.8. The van der Waals surface area contributed by atoms with Crippen molar-refractivity contribution in [2.75, 3.05) is 27.3 Å². The number of rotatable bonds is 5. The number of nitrogens with zero attached hydrogens (tertiary/aromatic N) is 1. The van der Waals surface area contributed by atoms with Gasteiger partial charge in [-0.1, -0.05) is 24.3 Å². The van der Waals surface area contributed by atoms with E-state index >= 15 is 0 Å². The lowest BCUT2D eigenvalue weighted by Gasteiger charge is -2.18. The lowest BCUT2D eigenvalue weighted by molar-refractivity contribution is 0.398. The zero-order chi connectivity index (χ0) is 17.2. The fourth-order valence-electron chi connectivity index (χ4n) is 3.07. The average Bonchev–Trinajstić information content (AvgIpc) is 3.12. The molecule has 0 saturated carbocycles. The van der Waals surface area contributed by atoms with Gasteiger partial charge in [-0.2, -0.15) is 4.31 Å². The molecule has 6 heteroatoms. The maximum Gasteiger partial charge on any atom is 0.246 e. The predicted molar refractivity (Wildman–Crippen MR) is 92.1 cm³/mol. The third-order valence-corrected chi connectivity index (χ3v) is 6.33. The standard InChI is InChI=1S/C18H21NO4S/c1-22-16-9-7-14(8-10-16)15-11-12-19(13-15)24(20,21)18-6-4-3-5-17(18)23-2/h3-10,15H,11-13H2,1-2H3. The number of hydrogen-bond acceptors (Lipinski definition) is 4. The minimum atomic E-state index is -3.55. The average molecular weight is 347 g/mol. The SMILES string of the molecule is COc1ccc(C2CCN(S(=O)(=O)c3ccccc3OC)C2)cc1. The second kappa shape index (κ2) is 6.83. The first-order chi connectivity index (χ1) is 11.6. The second-order valence-electron chi connectivity index (χ2n) is 5.77. The Morgan fingerprint density at radius 3 is 2.38 bits per heavy atom. The van der Waals surface area contributed by atoms with E-state index in [1.807, 2.05) is 24.3 Å². The van der Waals surface area contributed by atoms with Gasteiger partial charge in [-0.05, 0) is 42.2 Å². The quantitative estimate of drug-likeness (QED) is 0.834. The molecule has 1 fully saturated rings. The molecule has 0 aromatic heterocycles. The number of ether oxygens (including phenoxy) is 2. The van der Waals surface area contributed by atoms with Gasteiger partial charge in [0.15, 0.2) is 0 Å². The van der Waals surface area contributed by atoms with E-state index in [1.54, 1.807) is 35.7 Å². The van der Waals surface area contributed by atoms with Gasteiger partial charge in [-0.15, -0.1) is 0 Å². The molecule has 1 aliphatic rings. The first-order valence-corrected chi connectivity index (χ1v) is 9.27. The Kier molecular flexibility index (Phi) is 4.78. The number of benzene rings is 2. The molecular formula is C18H21NO4S. The Morgan fingerprint density at radius 1 is 1.00 bits per heavy atom. The van der Waals surface area contributed by atoms with Gasteiger partial charge in [0.25, 0.3) is 0 Å². The smallest absolute Gasteiger partial charge is 0.246 e. The second-order valence-corrected chi connectivity index (χ2v) is 7.68. The van der Waals surface area contributed by atoms with Gasteiger partial charge < -0.3 is 9.47 Å². The maximum atomic E-state index is 12.9. The van der Waals surface area contributed by atoms with Crippen molar-refractivity contribution in [3.05, 3.63) is 54.1 Å². The Balaban J connectivity index is 1.81. The Hall–Kier alpha value is -2.05. The van der Waals surface area contributed by atoms with Crippen molar-refractivity contribution in [3.8, 4) is 11.5 Å². The van der Waals surface area contributed by atoms with Crippen LogP contribution in [0.25, 0.3) is 0 Å². The monoisotopic (exact) mass is 347 g/mol. The van der Waals surface area contributed by atoms with Crippen LogP contribution >= 0.6 is 0 Å². The molecule has 0 spiro atoms. The molecule has 1 saturated heterocycles. The van der Waals surface area contributed by atoms with Crippen LogP contribution in [-0.2, 0) is 10.0 Å². The molecule has 0 radical (unpaired) electrons. The Labute approximate surface area is 142 Å². The fourth-order valence-corrected chi connectivity index (χ4v) is 4.72. The van der Waals surface area contributed by atoms with E-state index in [0.717, 1.165) is 17.7 Å². The summed E-state index contributed by atoms with van der Waals surface area (Å²) in [4.78, 5) is 0.225. The molecule has 0 N–H and O–H groups in total. The van der Waals surface area contributed by atoms with Crippen LogP contribution in [0.4, 0.5) is 0 Å². The molecule has 2 aromatic rings. The van der Waals surface area contributed by atoms with E-state index in [9.17, 15) is 8.42 Å². The van der Waals surface area contributed by atoms with E-state index in [0.29, 0.717) is 18.8 Å². The molecule has 128 valence electrons. The van der Waals surface area contributed by atoms with Crippen molar-refractivity contribution in [2.24, 2.45) is 0 Å². The largest absolute Gasteiger partial charge is 0.497 e. The van der Waals surface area contributed by atoms with E-state index in [1.165, 1.54) is 7.11 Å². The lowest BCUT2D eigenvalue weighted by Crippen LogP contribution is -2.29. The molecule has 1 aliphatic heterocycles. The highest BCUT2D eigenvalue weighted by atomic mass is 32.2.